The largest absolute Gasteiger partial charge is 0.463 e. The van der Waals surface area contributed by atoms with E-state index < -0.39 is 12.0 Å². The smallest absolute Gasteiger partial charge is 0.338 e. The van der Waals surface area contributed by atoms with Crippen LogP contribution in [-0.2, 0) is 9.53 Å². The predicted octanol–water partition coefficient (Wildman–Crippen LogP) is 3.82. The Morgan fingerprint density at radius 2 is 1.94 bits per heavy atom. The topological polar surface area (TPSA) is 73.8 Å². The van der Waals surface area contributed by atoms with Crippen molar-refractivity contribution in [3.63, 3.8) is 0 Å². The standard InChI is InChI=1S/C25H26N2O4S/c1-6-30-24(29)21-16(5)26-25-27(22(21)18-10-8-17(9-11-18)14(2)3)23(28)20(32-25)13-19-12-7-15(4)31-19/h7-14,22H,6H2,1-5H3/b20-13+. The van der Waals surface area contributed by atoms with Crippen LogP contribution < -0.4 is 14.9 Å². The van der Waals surface area contributed by atoms with Crippen LogP contribution in [0.15, 0.2) is 61.9 Å². The van der Waals surface area contributed by atoms with Gasteiger partial charge in [0.15, 0.2) is 4.80 Å². The number of allylic oxidation sites excluding steroid dienone is 1. The number of esters is 1. The molecule has 7 heteroatoms. The molecule has 0 fully saturated rings. The molecule has 6 nitrogen and oxygen atoms in total. The Bertz CT molecular complexity index is 1370. The number of carbonyl (C=O) groups is 1. The highest BCUT2D eigenvalue weighted by Crippen LogP contribution is 2.31. The Hall–Kier alpha value is -3.19. The van der Waals surface area contributed by atoms with Gasteiger partial charge in [-0.05, 0) is 49.9 Å². The van der Waals surface area contributed by atoms with Crippen molar-refractivity contribution >= 4 is 23.4 Å². The van der Waals surface area contributed by atoms with Gasteiger partial charge >= 0.3 is 5.97 Å². The summed E-state index contributed by atoms with van der Waals surface area (Å²) in [5.41, 5.74) is 2.76. The molecule has 1 atom stereocenters. The summed E-state index contributed by atoms with van der Waals surface area (Å²) in [4.78, 5) is 31.5. The van der Waals surface area contributed by atoms with E-state index in [4.69, 9.17) is 9.15 Å². The molecule has 3 heterocycles. The first kappa shape index (κ1) is 22.0. The molecule has 1 aromatic carbocycles. The van der Waals surface area contributed by atoms with Gasteiger partial charge in [0.2, 0.25) is 0 Å². The Balaban J connectivity index is 1.93. The zero-order chi connectivity index (χ0) is 23.0. The van der Waals surface area contributed by atoms with Gasteiger partial charge in [-0.3, -0.25) is 9.36 Å². The summed E-state index contributed by atoms with van der Waals surface area (Å²) in [5, 5.41) is 0. The van der Waals surface area contributed by atoms with Crippen LogP contribution >= 0.6 is 11.3 Å². The summed E-state index contributed by atoms with van der Waals surface area (Å²) in [5.74, 6) is 1.30. The van der Waals surface area contributed by atoms with E-state index in [1.54, 1.807) is 24.5 Å². The van der Waals surface area contributed by atoms with Crippen LogP contribution in [0.3, 0.4) is 0 Å². The van der Waals surface area contributed by atoms with Crippen LogP contribution in [0.1, 0.15) is 62.3 Å². The van der Waals surface area contributed by atoms with Crippen molar-refractivity contribution in [3.8, 4) is 0 Å². The molecule has 1 unspecified atom stereocenters. The first-order chi connectivity index (χ1) is 15.3. The highest BCUT2D eigenvalue weighted by atomic mass is 32.1. The van der Waals surface area contributed by atoms with Gasteiger partial charge in [0, 0.05) is 6.08 Å². The van der Waals surface area contributed by atoms with E-state index in [2.05, 4.69) is 18.8 Å². The molecule has 32 heavy (non-hydrogen) atoms. The summed E-state index contributed by atoms with van der Waals surface area (Å²) in [7, 11) is 0. The van der Waals surface area contributed by atoms with Gasteiger partial charge in [-0.1, -0.05) is 49.4 Å². The fraction of sp³-hybridized carbons (Fsp3) is 0.320. The van der Waals surface area contributed by atoms with Gasteiger partial charge in [0.1, 0.15) is 11.5 Å². The van der Waals surface area contributed by atoms with Crippen molar-refractivity contribution in [3.05, 3.63) is 90.0 Å². The molecule has 0 spiro atoms. The minimum atomic E-state index is -0.605. The summed E-state index contributed by atoms with van der Waals surface area (Å²) < 4.78 is 13.0. The van der Waals surface area contributed by atoms with Crippen molar-refractivity contribution in [2.75, 3.05) is 6.61 Å². The van der Waals surface area contributed by atoms with E-state index in [9.17, 15) is 9.59 Å². The van der Waals surface area contributed by atoms with E-state index in [0.29, 0.717) is 32.3 Å². The fourth-order valence-electron chi connectivity index (χ4n) is 3.83. The third-order valence-corrected chi connectivity index (χ3v) is 6.45. The zero-order valence-electron chi connectivity index (χ0n) is 18.8. The van der Waals surface area contributed by atoms with Gasteiger partial charge in [-0.2, -0.15) is 0 Å². The van der Waals surface area contributed by atoms with Crippen LogP contribution in [0, 0.1) is 6.92 Å². The summed E-state index contributed by atoms with van der Waals surface area (Å²) >= 11 is 1.29. The van der Waals surface area contributed by atoms with Gasteiger partial charge < -0.3 is 9.15 Å². The SMILES string of the molecule is CCOC(=O)C1=C(C)N=c2s/c(=C/c3ccc(C)o3)c(=O)n2C1c1ccc(C(C)C)cc1. The van der Waals surface area contributed by atoms with Gasteiger partial charge in [0.25, 0.3) is 5.56 Å². The fourth-order valence-corrected chi connectivity index (χ4v) is 4.86. The summed E-state index contributed by atoms with van der Waals surface area (Å²) in [6.45, 7) is 9.91. The van der Waals surface area contributed by atoms with Crippen LogP contribution in [0.25, 0.3) is 6.08 Å². The lowest BCUT2D eigenvalue weighted by Gasteiger charge is -2.25. The molecule has 0 aliphatic carbocycles. The van der Waals surface area contributed by atoms with E-state index in [1.165, 1.54) is 16.9 Å². The molecule has 0 saturated heterocycles. The van der Waals surface area contributed by atoms with Crippen molar-refractivity contribution < 1.29 is 13.9 Å². The summed E-state index contributed by atoms with van der Waals surface area (Å²) in [6, 6.07) is 11.1. The Kier molecular flexibility index (Phi) is 6.02. The van der Waals surface area contributed by atoms with E-state index in [1.807, 2.05) is 43.3 Å². The number of thiazole rings is 1. The predicted molar refractivity (Wildman–Crippen MR) is 124 cm³/mol. The maximum atomic E-state index is 13.5. The van der Waals surface area contributed by atoms with Crippen LogP contribution in [-0.4, -0.2) is 17.1 Å². The average Bonchev–Trinajstić information content (AvgIpc) is 3.30. The van der Waals surface area contributed by atoms with Crippen LogP contribution in [0.2, 0.25) is 0 Å². The van der Waals surface area contributed by atoms with E-state index in [0.717, 1.165) is 11.3 Å². The third kappa shape index (κ3) is 4.00. The number of fused-ring (bicyclic) bond motifs is 1. The Morgan fingerprint density at radius 1 is 1.22 bits per heavy atom. The minimum absolute atomic E-state index is 0.213. The molecular weight excluding hydrogens is 424 g/mol. The molecule has 0 bridgehead atoms. The molecule has 0 N–H and O–H groups in total. The second kappa shape index (κ2) is 8.74. The number of furan rings is 1. The third-order valence-electron chi connectivity index (χ3n) is 5.47. The molecule has 166 valence electrons. The van der Waals surface area contributed by atoms with E-state index >= 15 is 0 Å². The number of rotatable bonds is 5. The van der Waals surface area contributed by atoms with E-state index in [-0.39, 0.29) is 12.2 Å². The number of hydrogen-bond acceptors (Lipinski definition) is 6. The van der Waals surface area contributed by atoms with Crippen LogP contribution in [0.5, 0.6) is 0 Å². The highest BCUT2D eigenvalue weighted by Gasteiger charge is 2.33. The molecule has 1 aliphatic heterocycles. The lowest BCUT2D eigenvalue weighted by molar-refractivity contribution is -0.139. The Labute approximate surface area is 190 Å². The van der Waals surface area contributed by atoms with Gasteiger partial charge in [-0.25, -0.2) is 9.79 Å². The lowest BCUT2D eigenvalue weighted by atomic mass is 9.93. The second-order valence-electron chi connectivity index (χ2n) is 8.07. The molecule has 0 amide bonds. The number of aromatic nitrogens is 1. The Morgan fingerprint density at radius 3 is 2.53 bits per heavy atom. The number of hydrogen-bond donors (Lipinski definition) is 0. The average molecular weight is 451 g/mol. The normalized spacial score (nSPS) is 16.3. The monoisotopic (exact) mass is 450 g/mol. The molecule has 0 radical (unpaired) electrons. The molecule has 3 aromatic rings. The van der Waals surface area contributed by atoms with Crippen molar-refractivity contribution in [1.29, 1.82) is 0 Å². The molecular formula is C25H26N2O4S. The van der Waals surface area contributed by atoms with Crippen molar-refractivity contribution in [2.45, 2.75) is 46.6 Å². The van der Waals surface area contributed by atoms with Crippen molar-refractivity contribution in [2.24, 2.45) is 4.99 Å². The zero-order valence-corrected chi connectivity index (χ0v) is 19.7. The molecule has 0 saturated carbocycles. The first-order valence-electron chi connectivity index (χ1n) is 10.7. The number of nitrogens with zero attached hydrogens (tertiary/aromatic N) is 2. The number of carbonyl (C=O) groups excluding carboxylic acids is 1. The summed E-state index contributed by atoms with van der Waals surface area (Å²) in [6.07, 6.45) is 1.72. The number of ether oxygens (including phenoxy) is 1. The quantitative estimate of drug-likeness (QED) is 0.554. The maximum Gasteiger partial charge on any atom is 0.338 e. The maximum absolute atomic E-state index is 13.5. The van der Waals surface area contributed by atoms with Gasteiger partial charge in [0.05, 0.1) is 28.5 Å². The minimum Gasteiger partial charge on any atom is -0.463 e. The van der Waals surface area contributed by atoms with Crippen molar-refractivity contribution in [1.82, 2.24) is 4.57 Å². The number of aryl methyl sites for hydroxylation is 1. The highest BCUT2D eigenvalue weighted by molar-refractivity contribution is 7.07. The number of benzene rings is 1. The van der Waals surface area contributed by atoms with Crippen LogP contribution in [0.4, 0.5) is 0 Å². The lowest BCUT2D eigenvalue weighted by Crippen LogP contribution is -2.39. The molecule has 4 rings (SSSR count). The van der Waals surface area contributed by atoms with Gasteiger partial charge in [-0.15, -0.1) is 0 Å². The molecule has 2 aromatic heterocycles. The molecule has 1 aliphatic rings. The second-order valence-corrected chi connectivity index (χ2v) is 9.08. The first-order valence-corrected chi connectivity index (χ1v) is 11.5.